The molecular formula is C10H22N2O2S. The second-order valence-electron chi connectivity index (χ2n) is 4.56. The molecule has 5 heteroatoms. The van der Waals surface area contributed by atoms with Crippen LogP contribution in [0.2, 0.25) is 0 Å². The zero-order valence-corrected chi connectivity index (χ0v) is 10.6. The van der Waals surface area contributed by atoms with Crippen LogP contribution in [0.25, 0.3) is 0 Å². The molecule has 1 aliphatic rings. The first kappa shape index (κ1) is 12.9. The minimum absolute atomic E-state index is 0.141. The van der Waals surface area contributed by atoms with E-state index in [1.54, 1.807) is 7.05 Å². The van der Waals surface area contributed by atoms with Crippen molar-refractivity contribution < 1.29 is 8.42 Å². The van der Waals surface area contributed by atoms with E-state index in [9.17, 15) is 8.42 Å². The van der Waals surface area contributed by atoms with Crippen LogP contribution in [0.5, 0.6) is 0 Å². The topological polar surface area (TPSA) is 58.2 Å². The summed E-state index contributed by atoms with van der Waals surface area (Å²) in [6.45, 7) is 4.82. The second-order valence-corrected chi connectivity index (χ2v) is 6.43. The lowest BCUT2D eigenvalue weighted by atomic mass is 9.98. The van der Waals surface area contributed by atoms with Gasteiger partial charge in [0, 0.05) is 12.6 Å². The maximum absolute atomic E-state index is 11.6. The van der Waals surface area contributed by atoms with Gasteiger partial charge in [0.15, 0.2) is 0 Å². The van der Waals surface area contributed by atoms with Crippen molar-refractivity contribution in [2.45, 2.75) is 32.7 Å². The van der Waals surface area contributed by atoms with E-state index in [0.717, 1.165) is 12.8 Å². The van der Waals surface area contributed by atoms with Crippen LogP contribution < -0.4 is 10.0 Å². The van der Waals surface area contributed by atoms with Gasteiger partial charge in [0.1, 0.15) is 0 Å². The van der Waals surface area contributed by atoms with Crippen LogP contribution in [-0.2, 0) is 10.0 Å². The summed E-state index contributed by atoms with van der Waals surface area (Å²) >= 11 is 0. The standard InChI is InChI=1S/C10H22N2O2S/c1-8-4-5-10(9(8)2)12-15(13,14)7-6-11-3/h8-12H,4-7H2,1-3H3. The quantitative estimate of drug-likeness (QED) is 0.731. The van der Waals surface area contributed by atoms with Gasteiger partial charge in [-0.1, -0.05) is 13.8 Å². The summed E-state index contributed by atoms with van der Waals surface area (Å²) in [5, 5.41) is 2.85. The molecule has 0 aliphatic heterocycles. The van der Waals surface area contributed by atoms with Gasteiger partial charge in [-0.25, -0.2) is 13.1 Å². The normalized spacial score (nSPS) is 32.1. The van der Waals surface area contributed by atoms with Gasteiger partial charge in [0.2, 0.25) is 10.0 Å². The molecular weight excluding hydrogens is 212 g/mol. The Morgan fingerprint density at radius 2 is 1.93 bits per heavy atom. The summed E-state index contributed by atoms with van der Waals surface area (Å²) in [5.41, 5.74) is 0. The number of hydrogen-bond donors (Lipinski definition) is 2. The summed E-state index contributed by atoms with van der Waals surface area (Å²) in [5.74, 6) is 1.25. The lowest BCUT2D eigenvalue weighted by Crippen LogP contribution is -2.40. The molecule has 0 aromatic rings. The van der Waals surface area contributed by atoms with Crippen LogP contribution >= 0.6 is 0 Å². The Bertz CT molecular complexity index is 290. The molecule has 2 N–H and O–H groups in total. The summed E-state index contributed by atoms with van der Waals surface area (Å²) in [6, 6.07) is 0.141. The highest BCUT2D eigenvalue weighted by atomic mass is 32.2. The molecule has 1 saturated carbocycles. The molecule has 0 radical (unpaired) electrons. The van der Waals surface area contributed by atoms with Crippen molar-refractivity contribution in [1.82, 2.24) is 10.0 Å². The lowest BCUT2D eigenvalue weighted by molar-refractivity contribution is 0.402. The molecule has 3 unspecified atom stereocenters. The highest BCUT2D eigenvalue weighted by Gasteiger charge is 2.32. The monoisotopic (exact) mass is 234 g/mol. The highest BCUT2D eigenvalue weighted by Crippen LogP contribution is 2.31. The SMILES string of the molecule is CNCCS(=O)(=O)NC1CCC(C)C1C. The highest BCUT2D eigenvalue weighted by molar-refractivity contribution is 7.89. The molecule has 0 spiro atoms. The van der Waals surface area contributed by atoms with Crippen molar-refractivity contribution in [2.75, 3.05) is 19.3 Å². The molecule has 90 valence electrons. The number of hydrogen-bond acceptors (Lipinski definition) is 3. The Morgan fingerprint density at radius 1 is 1.27 bits per heavy atom. The fourth-order valence-electron chi connectivity index (χ4n) is 2.06. The van der Waals surface area contributed by atoms with Crippen LogP contribution in [0.15, 0.2) is 0 Å². The third-order valence-corrected chi connectivity index (χ3v) is 4.82. The smallest absolute Gasteiger partial charge is 0.213 e. The van der Waals surface area contributed by atoms with E-state index >= 15 is 0 Å². The lowest BCUT2D eigenvalue weighted by Gasteiger charge is -2.19. The van der Waals surface area contributed by atoms with E-state index in [2.05, 4.69) is 23.9 Å². The van der Waals surface area contributed by atoms with Gasteiger partial charge in [0.25, 0.3) is 0 Å². The Balaban J connectivity index is 2.47. The molecule has 0 heterocycles. The molecule has 0 aromatic heterocycles. The first-order valence-corrected chi connectivity index (χ1v) is 7.26. The van der Waals surface area contributed by atoms with E-state index in [1.165, 1.54) is 0 Å². The molecule has 1 fully saturated rings. The molecule has 0 bridgehead atoms. The molecule has 1 rings (SSSR count). The van der Waals surface area contributed by atoms with Crippen molar-refractivity contribution in [3.8, 4) is 0 Å². The minimum Gasteiger partial charge on any atom is -0.319 e. The van der Waals surface area contributed by atoms with E-state index in [0.29, 0.717) is 18.4 Å². The molecule has 0 saturated heterocycles. The number of sulfonamides is 1. The maximum Gasteiger partial charge on any atom is 0.213 e. The molecule has 4 nitrogen and oxygen atoms in total. The van der Waals surface area contributed by atoms with Gasteiger partial charge in [-0.3, -0.25) is 0 Å². The average molecular weight is 234 g/mol. The second kappa shape index (κ2) is 5.27. The van der Waals surface area contributed by atoms with Crippen LogP contribution in [0, 0.1) is 11.8 Å². The summed E-state index contributed by atoms with van der Waals surface area (Å²) in [7, 11) is -1.34. The summed E-state index contributed by atoms with van der Waals surface area (Å²) in [6.07, 6.45) is 2.10. The number of nitrogens with one attached hydrogen (secondary N) is 2. The fourth-order valence-corrected chi connectivity index (χ4v) is 3.44. The van der Waals surface area contributed by atoms with E-state index in [4.69, 9.17) is 0 Å². The molecule has 1 aliphatic carbocycles. The van der Waals surface area contributed by atoms with Crippen molar-refractivity contribution in [3.63, 3.8) is 0 Å². The van der Waals surface area contributed by atoms with Crippen molar-refractivity contribution >= 4 is 10.0 Å². The van der Waals surface area contributed by atoms with Gasteiger partial charge in [-0.15, -0.1) is 0 Å². The van der Waals surface area contributed by atoms with Crippen LogP contribution in [0.3, 0.4) is 0 Å². The molecule has 0 aromatic carbocycles. The Labute approximate surface area is 92.9 Å². The molecule has 15 heavy (non-hydrogen) atoms. The summed E-state index contributed by atoms with van der Waals surface area (Å²) in [4.78, 5) is 0. The van der Waals surface area contributed by atoms with Gasteiger partial charge >= 0.3 is 0 Å². The Hall–Kier alpha value is -0.130. The van der Waals surface area contributed by atoms with Gasteiger partial charge in [-0.2, -0.15) is 0 Å². The fraction of sp³-hybridized carbons (Fsp3) is 1.00. The maximum atomic E-state index is 11.6. The Morgan fingerprint density at radius 3 is 2.40 bits per heavy atom. The third kappa shape index (κ3) is 3.74. The van der Waals surface area contributed by atoms with Crippen LogP contribution in [-0.4, -0.2) is 33.8 Å². The zero-order valence-electron chi connectivity index (χ0n) is 9.79. The molecule has 0 amide bonds. The predicted molar refractivity (Wildman–Crippen MR) is 62.2 cm³/mol. The van der Waals surface area contributed by atoms with Crippen molar-refractivity contribution in [1.29, 1.82) is 0 Å². The van der Waals surface area contributed by atoms with Crippen molar-refractivity contribution in [3.05, 3.63) is 0 Å². The zero-order chi connectivity index (χ0) is 11.5. The number of rotatable bonds is 5. The average Bonchev–Trinajstić information content (AvgIpc) is 2.46. The first-order valence-electron chi connectivity index (χ1n) is 5.61. The molecule has 3 atom stereocenters. The van der Waals surface area contributed by atoms with E-state index in [1.807, 2.05) is 0 Å². The van der Waals surface area contributed by atoms with Crippen LogP contribution in [0.4, 0.5) is 0 Å². The van der Waals surface area contributed by atoms with Gasteiger partial charge < -0.3 is 5.32 Å². The Kier molecular flexibility index (Phi) is 4.55. The van der Waals surface area contributed by atoms with Gasteiger partial charge in [0.05, 0.1) is 5.75 Å². The third-order valence-electron chi connectivity index (χ3n) is 3.42. The van der Waals surface area contributed by atoms with Crippen molar-refractivity contribution in [2.24, 2.45) is 11.8 Å². The largest absolute Gasteiger partial charge is 0.319 e. The van der Waals surface area contributed by atoms with E-state index < -0.39 is 10.0 Å². The van der Waals surface area contributed by atoms with Gasteiger partial charge in [-0.05, 0) is 31.7 Å². The van der Waals surface area contributed by atoms with E-state index in [-0.39, 0.29) is 11.8 Å². The first-order chi connectivity index (χ1) is 6.96. The predicted octanol–water partition coefficient (Wildman–Crippen LogP) is 0.560. The summed E-state index contributed by atoms with van der Waals surface area (Å²) < 4.78 is 26.1. The minimum atomic E-state index is -3.10. The van der Waals surface area contributed by atoms with Crippen LogP contribution in [0.1, 0.15) is 26.7 Å².